The Balaban J connectivity index is 3.80. The van der Waals surface area contributed by atoms with E-state index in [1.807, 2.05) is 0 Å². The lowest BCUT2D eigenvalue weighted by Crippen LogP contribution is -2.21. The fourth-order valence-electron chi connectivity index (χ4n) is 0.347. The maximum absolute atomic E-state index is 10.6. The number of carbonyl (C=O) groups excluding carboxylic acids is 1. The molecule has 0 unspecified atom stereocenters. The molecule has 1 amide bonds. The van der Waals surface area contributed by atoms with Crippen LogP contribution in [0.25, 0.3) is 0 Å². The molecule has 0 aliphatic carbocycles. The number of rotatable bonds is 2. The van der Waals surface area contributed by atoms with Crippen molar-refractivity contribution in [1.82, 2.24) is 5.09 Å². The molecule has 11 heavy (non-hydrogen) atoms. The minimum Gasteiger partial charge on any atom is -0.447 e. The molecule has 0 saturated heterocycles. The van der Waals surface area contributed by atoms with E-state index in [1.165, 1.54) is 0 Å². The number of amides is 1. The van der Waals surface area contributed by atoms with Crippen molar-refractivity contribution in [3.63, 3.8) is 0 Å². The van der Waals surface area contributed by atoms with E-state index in [0.29, 0.717) is 0 Å². The van der Waals surface area contributed by atoms with Crippen LogP contribution in [0, 0.1) is 0 Å². The predicted molar refractivity (Wildman–Crippen MR) is 44.1 cm³/mol. The largest absolute Gasteiger partial charge is 0.447 e. The summed E-state index contributed by atoms with van der Waals surface area (Å²) in [5.41, 5.74) is 0. The van der Waals surface area contributed by atoms with Gasteiger partial charge in [0.2, 0.25) is 0 Å². The first-order valence-electron chi connectivity index (χ1n) is 2.79. The van der Waals surface area contributed by atoms with E-state index < -0.39 is 12.1 Å². The Labute approximate surface area is 74.2 Å². The maximum atomic E-state index is 10.6. The first kappa shape index (κ1) is 11.1. The van der Waals surface area contributed by atoms with Gasteiger partial charge >= 0.3 is 12.1 Å². The highest BCUT2D eigenvalue weighted by Gasteiger charge is 2.18. The summed E-state index contributed by atoms with van der Waals surface area (Å²) in [6.07, 6.45) is -1.18. The number of carbonyl (C=O) groups is 1. The average molecular weight is 220 g/mol. The summed E-state index contributed by atoms with van der Waals surface area (Å²) in [6, 6.07) is 0. The van der Waals surface area contributed by atoms with Crippen LogP contribution in [0.15, 0.2) is 0 Å². The third-order valence-electron chi connectivity index (χ3n) is 0.564. The van der Waals surface area contributed by atoms with Crippen molar-refractivity contribution in [2.75, 3.05) is 0 Å². The van der Waals surface area contributed by atoms with Gasteiger partial charge in [-0.2, -0.15) is 0 Å². The van der Waals surface area contributed by atoms with E-state index in [1.54, 1.807) is 18.9 Å². The third-order valence-corrected chi connectivity index (χ3v) is 1.51. The van der Waals surface area contributed by atoms with E-state index in [2.05, 4.69) is 4.74 Å². The van der Waals surface area contributed by atoms with Crippen LogP contribution in [0.3, 0.4) is 0 Å². The van der Waals surface area contributed by atoms with Gasteiger partial charge in [-0.1, -0.05) is 0 Å². The van der Waals surface area contributed by atoms with E-state index in [9.17, 15) is 9.36 Å². The van der Waals surface area contributed by atoms with Crippen LogP contribution in [0.4, 0.5) is 4.79 Å². The third kappa shape index (κ3) is 7.98. The lowest BCUT2D eigenvalue weighted by molar-refractivity contribution is 0.121. The molecule has 0 bridgehead atoms. The number of nitrogens with one attached hydrogen (secondary N) is 1. The molecule has 0 aliphatic rings. The van der Waals surface area contributed by atoms with Crippen molar-refractivity contribution in [2.24, 2.45) is 0 Å². The van der Waals surface area contributed by atoms with Crippen molar-refractivity contribution in [3.8, 4) is 0 Å². The fraction of sp³-hybridized carbons (Fsp3) is 0.750. The zero-order chi connectivity index (χ0) is 9.07. The molecule has 66 valence electrons. The summed E-state index contributed by atoms with van der Waals surface area (Å²) < 4.78 is 15.1. The molecule has 7 heteroatoms. The topological polar surface area (TPSA) is 55.4 Å². The summed E-state index contributed by atoms with van der Waals surface area (Å²) in [5, 5.41) is 1.78. The highest BCUT2D eigenvalue weighted by molar-refractivity contribution is 8.07. The van der Waals surface area contributed by atoms with Crippen molar-refractivity contribution >= 4 is 34.6 Å². The molecule has 0 rings (SSSR count). The molecular formula is C4H8Cl2NO3P. The van der Waals surface area contributed by atoms with E-state index >= 15 is 0 Å². The van der Waals surface area contributed by atoms with Crippen molar-refractivity contribution < 1.29 is 14.1 Å². The molecule has 0 aromatic rings. The van der Waals surface area contributed by atoms with Gasteiger partial charge < -0.3 is 4.74 Å². The van der Waals surface area contributed by atoms with Gasteiger partial charge in [0.05, 0.1) is 6.10 Å². The Morgan fingerprint density at radius 3 is 2.27 bits per heavy atom. The van der Waals surface area contributed by atoms with Crippen LogP contribution in [-0.2, 0) is 9.30 Å². The van der Waals surface area contributed by atoms with Gasteiger partial charge in [-0.25, -0.2) is 9.88 Å². The standard InChI is InChI=1S/C4H8Cl2NO3P/c1-3(2)10-4(8)7-11(5,6)9/h3H,1-2H3,(H,7,8,9). The first-order valence-corrected chi connectivity index (χ1v) is 6.31. The number of ether oxygens (including phenoxy) is 1. The smallest absolute Gasteiger partial charge is 0.414 e. The van der Waals surface area contributed by atoms with E-state index in [4.69, 9.17) is 22.5 Å². The van der Waals surface area contributed by atoms with Gasteiger partial charge in [0.25, 0.3) is 0 Å². The second-order valence-corrected chi connectivity index (χ2v) is 6.55. The van der Waals surface area contributed by atoms with Crippen molar-refractivity contribution in [3.05, 3.63) is 0 Å². The first-order chi connectivity index (χ1) is 4.81. The summed E-state index contributed by atoms with van der Waals surface area (Å²) >= 11 is 10.0. The highest BCUT2D eigenvalue weighted by atomic mass is 35.9. The van der Waals surface area contributed by atoms with Crippen molar-refractivity contribution in [1.29, 1.82) is 0 Å². The number of hydrogen-bond acceptors (Lipinski definition) is 3. The van der Waals surface area contributed by atoms with Gasteiger partial charge in [0.15, 0.2) is 0 Å². The Morgan fingerprint density at radius 2 is 2.00 bits per heavy atom. The van der Waals surface area contributed by atoms with Gasteiger partial charge in [-0.15, -0.1) is 0 Å². The molecule has 0 radical (unpaired) electrons. The maximum Gasteiger partial charge on any atom is 0.414 e. The van der Waals surface area contributed by atoms with Crippen LogP contribution in [0.5, 0.6) is 0 Å². The number of hydrogen-bond donors (Lipinski definition) is 1. The lowest BCUT2D eigenvalue weighted by atomic mass is 10.5. The monoisotopic (exact) mass is 219 g/mol. The number of halogens is 2. The molecule has 0 aromatic heterocycles. The zero-order valence-electron chi connectivity index (χ0n) is 6.01. The van der Waals surface area contributed by atoms with Gasteiger partial charge in [-0.05, 0) is 36.3 Å². The molecule has 1 N–H and O–H groups in total. The Morgan fingerprint density at radius 1 is 1.55 bits per heavy atom. The van der Waals surface area contributed by atoms with Crippen LogP contribution in [0.1, 0.15) is 13.8 Å². The molecule has 0 atom stereocenters. The van der Waals surface area contributed by atoms with Gasteiger partial charge in [-0.3, -0.25) is 4.57 Å². The van der Waals surface area contributed by atoms with Crippen LogP contribution >= 0.6 is 28.5 Å². The molecular weight excluding hydrogens is 212 g/mol. The van der Waals surface area contributed by atoms with E-state index in [-0.39, 0.29) is 6.10 Å². The van der Waals surface area contributed by atoms with E-state index in [0.717, 1.165) is 0 Å². The van der Waals surface area contributed by atoms with Crippen molar-refractivity contribution in [2.45, 2.75) is 20.0 Å². The second kappa shape index (κ2) is 4.19. The van der Waals surface area contributed by atoms with Gasteiger partial charge in [0, 0.05) is 0 Å². The second-order valence-electron chi connectivity index (χ2n) is 2.03. The molecule has 0 aromatic carbocycles. The molecule has 0 fully saturated rings. The molecule has 0 spiro atoms. The quantitative estimate of drug-likeness (QED) is 0.727. The predicted octanol–water partition coefficient (Wildman–Crippen LogP) is 2.71. The Kier molecular flexibility index (Phi) is 4.22. The molecule has 0 heterocycles. The molecule has 0 aliphatic heterocycles. The zero-order valence-corrected chi connectivity index (χ0v) is 8.41. The summed E-state index contributed by atoms with van der Waals surface area (Å²) in [6.45, 7) is 3.29. The minimum absolute atomic E-state index is 0.296. The normalized spacial score (nSPS) is 11.4. The lowest BCUT2D eigenvalue weighted by Gasteiger charge is -2.08. The van der Waals surface area contributed by atoms with Gasteiger partial charge in [0.1, 0.15) is 0 Å². The summed E-state index contributed by atoms with van der Waals surface area (Å²) in [7, 11) is 0. The summed E-state index contributed by atoms with van der Waals surface area (Å²) in [5.74, 6) is -3.56. The summed E-state index contributed by atoms with van der Waals surface area (Å²) in [4.78, 5) is 10.6. The minimum atomic E-state index is -3.56. The SMILES string of the molecule is CC(C)OC(=O)NP(=O)(Cl)Cl. The Bertz CT molecular complexity index is 190. The highest BCUT2D eigenvalue weighted by Crippen LogP contribution is 2.52. The van der Waals surface area contributed by atoms with Crippen LogP contribution < -0.4 is 5.09 Å². The molecule has 0 saturated carbocycles. The fourth-order valence-corrected chi connectivity index (χ4v) is 1.03. The van der Waals surface area contributed by atoms with Crippen LogP contribution in [-0.4, -0.2) is 12.2 Å². The molecule has 4 nitrogen and oxygen atoms in total. The average Bonchev–Trinajstić information content (AvgIpc) is 1.53. The Hall–Kier alpha value is 0.0800. The van der Waals surface area contributed by atoms with Crippen LogP contribution in [0.2, 0.25) is 0 Å².